The molecule has 0 heterocycles. The number of nitrogens with two attached hydrogens (primary N) is 1. The van der Waals surface area contributed by atoms with Crippen LogP contribution in [0.5, 0.6) is 0 Å². The van der Waals surface area contributed by atoms with Crippen molar-refractivity contribution in [2.45, 2.75) is 19.9 Å². The molecule has 0 aliphatic carbocycles. The number of ether oxygens (including phenoxy) is 1. The van der Waals surface area contributed by atoms with Gasteiger partial charge in [-0.1, -0.05) is 31.9 Å². The Morgan fingerprint density at radius 1 is 1.28 bits per heavy atom. The number of hydrogen-bond donors (Lipinski definition) is 1. The topological polar surface area (TPSA) is 52.3 Å². The molecule has 102 valence electrons. The highest BCUT2D eigenvalue weighted by Crippen LogP contribution is 2.34. The number of benzene rings is 1. The SMILES string of the molecule is COC(=O)C(C)(C)[C@H](N)c1cc(Br)cc(Br)c1.Cl. The Labute approximate surface area is 130 Å². The van der Waals surface area contributed by atoms with E-state index >= 15 is 0 Å². The van der Waals surface area contributed by atoms with Gasteiger partial charge in [0.25, 0.3) is 0 Å². The zero-order valence-corrected chi connectivity index (χ0v) is 14.4. The van der Waals surface area contributed by atoms with Crippen LogP contribution in [0.4, 0.5) is 0 Å². The van der Waals surface area contributed by atoms with E-state index in [2.05, 4.69) is 31.9 Å². The minimum atomic E-state index is -0.769. The van der Waals surface area contributed by atoms with Gasteiger partial charge in [0.15, 0.2) is 0 Å². The summed E-state index contributed by atoms with van der Waals surface area (Å²) in [5.74, 6) is -0.318. The van der Waals surface area contributed by atoms with Crippen LogP contribution in [0.25, 0.3) is 0 Å². The van der Waals surface area contributed by atoms with Crippen molar-refractivity contribution in [2.24, 2.45) is 11.1 Å². The van der Waals surface area contributed by atoms with Crippen molar-refractivity contribution in [2.75, 3.05) is 7.11 Å². The van der Waals surface area contributed by atoms with Crippen molar-refractivity contribution in [1.29, 1.82) is 0 Å². The van der Waals surface area contributed by atoms with Crippen LogP contribution in [-0.4, -0.2) is 13.1 Å². The molecule has 0 radical (unpaired) electrons. The van der Waals surface area contributed by atoms with E-state index in [0.29, 0.717) is 0 Å². The molecule has 3 nitrogen and oxygen atoms in total. The summed E-state index contributed by atoms with van der Waals surface area (Å²) >= 11 is 6.80. The lowest BCUT2D eigenvalue weighted by molar-refractivity contribution is -0.152. The second kappa shape index (κ2) is 6.89. The van der Waals surface area contributed by atoms with Gasteiger partial charge >= 0.3 is 5.97 Å². The lowest BCUT2D eigenvalue weighted by Crippen LogP contribution is -2.37. The molecular formula is C12H16Br2ClNO2. The first-order valence-corrected chi connectivity index (χ1v) is 6.67. The van der Waals surface area contributed by atoms with Crippen LogP contribution in [0, 0.1) is 5.41 Å². The summed E-state index contributed by atoms with van der Waals surface area (Å²) in [4.78, 5) is 11.7. The predicted molar refractivity (Wildman–Crippen MR) is 81.8 cm³/mol. The zero-order valence-electron chi connectivity index (χ0n) is 10.4. The molecule has 0 aromatic heterocycles. The van der Waals surface area contributed by atoms with Gasteiger partial charge < -0.3 is 10.5 Å². The molecule has 0 saturated carbocycles. The Hall–Kier alpha value is -0.100. The fourth-order valence-corrected chi connectivity index (χ4v) is 2.89. The number of halogens is 3. The van der Waals surface area contributed by atoms with Gasteiger partial charge in [-0.05, 0) is 37.6 Å². The molecular weight excluding hydrogens is 385 g/mol. The van der Waals surface area contributed by atoms with Crippen LogP contribution >= 0.6 is 44.3 Å². The number of carbonyl (C=O) groups excluding carboxylic acids is 1. The second-order valence-corrected chi connectivity index (χ2v) is 6.23. The maximum Gasteiger partial charge on any atom is 0.313 e. The van der Waals surface area contributed by atoms with Crippen LogP contribution in [0.2, 0.25) is 0 Å². The maximum absolute atomic E-state index is 11.7. The largest absolute Gasteiger partial charge is 0.469 e. The average molecular weight is 402 g/mol. The van der Waals surface area contributed by atoms with Crippen LogP contribution in [-0.2, 0) is 9.53 Å². The third-order valence-corrected chi connectivity index (χ3v) is 3.65. The number of hydrogen-bond acceptors (Lipinski definition) is 3. The normalized spacial score (nSPS) is 12.6. The Morgan fingerprint density at radius 2 is 1.72 bits per heavy atom. The Balaban J connectivity index is 0.00000289. The standard InChI is InChI=1S/C12H15Br2NO2.ClH/c1-12(2,11(16)17-3)10(15)7-4-8(13)6-9(14)5-7;/h4-6,10H,15H2,1-3H3;1H/t10-;/m1./s1. The van der Waals surface area contributed by atoms with E-state index < -0.39 is 11.5 Å². The fraction of sp³-hybridized carbons (Fsp3) is 0.417. The smallest absolute Gasteiger partial charge is 0.313 e. The molecule has 1 aromatic carbocycles. The number of methoxy groups -OCH3 is 1. The molecule has 18 heavy (non-hydrogen) atoms. The minimum Gasteiger partial charge on any atom is -0.469 e. The first-order valence-electron chi connectivity index (χ1n) is 5.09. The van der Waals surface area contributed by atoms with Crippen molar-refractivity contribution in [3.63, 3.8) is 0 Å². The summed E-state index contributed by atoms with van der Waals surface area (Å²) in [6, 6.07) is 5.30. The summed E-state index contributed by atoms with van der Waals surface area (Å²) in [6.07, 6.45) is 0. The zero-order chi connectivity index (χ0) is 13.2. The first kappa shape index (κ1) is 17.9. The van der Waals surface area contributed by atoms with Crippen LogP contribution in [0.1, 0.15) is 25.5 Å². The highest BCUT2D eigenvalue weighted by atomic mass is 79.9. The third kappa shape index (κ3) is 3.95. The summed E-state index contributed by atoms with van der Waals surface area (Å²) < 4.78 is 6.61. The minimum absolute atomic E-state index is 0. The van der Waals surface area contributed by atoms with E-state index in [1.165, 1.54) is 7.11 Å². The van der Waals surface area contributed by atoms with Gasteiger partial charge in [0, 0.05) is 15.0 Å². The number of carbonyl (C=O) groups is 1. The molecule has 0 aliphatic heterocycles. The summed E-state index contributed by atoms with van der Waals surface area (Å²) in [6.45, 7) is 3.55. The average Bonchev–Trinajstić information content (AvgIpc) is 2.25. The van der Waals surface area contributed by atoms with Crippen molar-refractivity contribution in [1.82, 2.24) is 0 Å². The van der Waals surface area contributed by atoms with Crippen LogP contribution in [0.3, 0.4) is 0 Å². The summed E-state index contributed by atoms with van der Waals surface area (Å²) in [5.41, 5.74) is 6.25. The van der Waals surface area contributed by atoms with E-state index in [9.17, 15) is 4.79 Å². The lowest BCUT2D eigenvalue weighted by atomic mass is 9.81. The molecule has 1 aromatic rings. The van der Waals surface area contributed by atoms with Crippen LogP contribution < -0.4 is 5.73 Å². The van der Waals surface area contributed by atoms with Gasteiger partial charge in [-0.15, -0.1) is 12.4 Å². The molecule has 0 fully saturated rings. The van der Waals surface area contributed by atoms with E-state index in [1.807, 2.05) is 18.2 Å². The van der Waals surface area contributed by atoms with Crippen LogP contribution in [0.15, 0.2) is 27.1 Å². The van der Waals surface area contributed by atoms with Gasteiger partial charge in [0.2, 0.25) is 0 Å². The fourth-order valence-electron chi connectivity index (χ4n) is 1.56. The van der Waals surface area contributed by atoms with Gasteiger partial charge in [-0.25, -0.2) is 0 Å². The Morgan fingerprint density at radius 3 is 2.11 bits per heavy atom. The quantitative estimate of drug-likeness (QED) is 0.783. The van der Waals surface area contributed by atoms with Crippen molar-refractivity contribution < 1.29 is 9.53 Å². The van der Waals surface area contributed by atoms with E-state index in [0.717, 1.165) is 14.5 Å². The maximum atomic E-state index is 11.7. The van der Waals surface area contributed by atoms with E-state index in [-0.39, 0.29) is 18.4 Å². The predicted octanol–water partition coefficient (Wildman–Crippen LogP) is 3.83. The summed E-state index contributed by atoms with van der Waals surface area (Å²) in [5, 5.41) is 0. The molecule has 6 heteroatoms. The monoisotopic (exact) mass is 399 g/mol. The van der Waals surface area contributed by atoms with Gasteiger partial charge in [-0.2, -0.15) is 0 Å². The molecule has 1 atom stereocenters. The number of rotatable bonds is 3. The Bertz CT molecular complexity index is 418. The molecule has 0 saturated heterocycles. The first-order chi connectivity index (χ1) is 7.78. The molecule has 0 bridgehead atoms. The third-order valence-electron chi connectivity index (χ3n) is 2.73. The van der Waals surface area contributed by atoms with Gasteiger partial charge in [-0.3, -0.25) is 4.79 Å². The van der Waals surface area contributed by atoms with E-state index in [4.69, 9.17) is 10.5 Å². The molecule has 1 rings (SSSR count). The number of esters is 1. The molecule has 2 N–H and O–H groups in total. The van der Waals surface area contributed by atoms with Crippen molar-refractivity contribution in [3.05, 3.63) is 32.7 Å². The van der Waals surface area contributed by atoms with E-state index in [1.54, 1.807) is 13.8 Å². The van der Waals surface area contributed by atoms with Gasteiger partial charge in [0.05, 0.1) is 12.5 Å². The van der Waals surface area contributed by atoms with Gasteiger partial charge in [0.1, 0.15) is 0 Å². The van der Waals surface area contributed by atoms with Crippen molar-refractivity contribution >= 4 is 50.2 Å². The highest BCUT2D eigenvalue weighted by Gasteiger charge is 2.36. The Kier molecular flexibility index (Phi) is 6.85. The second-order valence-electron chi connectivity index (χ2n) is 4.39. The molecule has 0 spiro atoms. The molecule has 0 amide bonds. The lowest BCUT2D eigenvalue weighted by Gasteiger charge is -2.29. The molecule has 0 unspecified atom stereocenters. The van der Waals surface area contributed by atoms with Crippen molar-refractivity contribution in [3.8, 4) is 0 Å². The highest BCUT2D eigenvalue weighted by molar-refractivity contribution is 9.11. The summed E-state index contributed by atoms with van der Waals surface area (Å²) in [7, 11) is 1.37. The molecule has 0 aliphatic rings.